The summed E-state index contributed by atoms with van der Waals surface area (Å²) in [7, 11) is 0. The summed E-state index contributed by atoms with van der Waals surface area (Å²) in [6.07, 6.45) is 0. The number of carbonyl (C=O) groups is 3. The van der Waals surface area contributed by atoms with E-state index in [1.165, 1.54) is 6.07 Å². The first kappa shape index (κ1) is 18.1. The van der Waals surface area contributed by atoms with Crippen molar-refractivity contribution in [3.8, 4) is 0 Å². The van der Waals surface area contributed by atoms with Gasteiger partial charge < -0.3 is 16.4 Å². The standard InChI is InChI=1S/C17H15F2N3O3/c18-12-4-5-13(14(19)7-12)17(25)22-9-15(23)21-8-10-2-1-3-11(6-10)16(20)24/h1-7H,8-9H2,(H2,20,24)(H,21,23)(H,22,25). The Morgan fingerprint density at radius 1 is 1.00 bits per heavy atom. The van der Waals surface area contributed by atoms with Gasteiger partial charge in [0.25, 0.3) is 5.91 Å². The minimum absolute atomic E-state index is 0.126. The maximum absolute atomic E-state index is 13.5. The molecule has 6 nitrogen and oxygen atoms in total. The minimum Gasteiger partial charge on any atom is -0.366 e. The monoisotopic (exact) mass is 347 g/mol. The van der Waals surface area contributed by atoms with E-state index < -0.39 is 29.4 Å². The smallest absolute Gasteiger partial charge is 0.254 e. The number of rotatable bonds is 6. The van der Waals surface area contributed by atoms with Gasteiger partial charge in [0.05, 0.1) is 12.1 Å². The molecule has 0 saturated heterocycles. The SMILES string of the molecule is NC(=O)c1cccc(CNC(=O)CNC(=O)c2ccc(F)cc2F)c1. The van der Waals surface area contributed by atoms with E-state index in [4.69, 9.17) is 5.73 Å². The number of amides is 3. The molecule has 0 spiro atoms. The second-order valence-corrected chi connectivity index (χ2v) is 5.15. The lowest BCUT2D eigenvalue weighted by atomic mass is 10.1. The third-order valence-electron chi connectivity index (χ3n) is 3.29. The molecule has 2 rings (SSSR count). The number of hydrogen-bond acceptors (Lipinski definition) is 3. The number of benzene rings is 2. The van der Waals surface area contributed by atoms with E-state index in [0.717, 1.165) is 12.1 Å². The Morgan fingerprint density at radius 3 is 2.44 bits per heavy atom. The molecule has 0 bridgehead atoms. The minimum atomic E-state index is -1.01. The van der Waals surface area contributed by atoms with Gasteiger partial charge in [0.2, 0.25) is 11.8 Å². The number of hydrogen-bond donors (Lipinski definition) is 3. The van der Waals surface area contributed by atoms with Crippen LogP contribution >= 0.6 is 0 Å². The zero-order valence-corrected chi connectivity index (χ0v) is 13.0. The fraction of sp³-hybridized carbons (Fsp3) is 0.118. The first-order chi connectivity index (χ1) is 11.9. The summed E-state index contributed by atoms with van der Waals surface area (Å²) in [6.45, 7) is -0.258. The Labute approximate surface area is 142 Å². The quantitative estimate of drug-likeness (QED) is 0.729. The van der Waals surface area contributed by atoms with Crippen LogP contribution in [0.4, 0.5) is 8.78 Å². The van der Waals surface area contributed by atoms with E-state index in [0.29, 0.717) is 17.2 Å². The topological polar surface area (TPSA) is 101 Å². The van der Waals surface area contributed by atoms with Crippen molar-refractivity contribution >= 4 is 17.7 Å². The maximum Gasteiger partial charge on any atom is 0.254 e. The average Bonchev–Trinajstić information content (AvgIpc) is 2.58. The molecule has 8 heteroatoms. The largest absolute Gasteiger partial charge is 0.366 e. The van der Waals surface area contributed by atoms with Gasteiger partial charge in [-0.3, -0.25) is 14.4 Å². The average molecular weight is 347 g/mol. The Balaban J connectivity index is 1.85. The van der Waals surface area contributed by atoms with Crippen molar-refractivity contribution in [3.63, 3.8) is 0 Å². The summed E-state index contributed by atoms with van der Waals surface area (Å²) in [5.74, 6) is -3.74. The van der Waals surface area contributed by atoms with Crippen molar-refractivity contribution in [1.29, 1.82) is 0 Å². The zero-order chi connectivity index (χ0) is 18.4. The molecule has 4 N–H and O–H groups in total. The molecule has 0 atom stereocenters. The van der Waals surface area contributed by atoms with Gasteiger partial charge in [-0.25, -0.2) is 8.78 Å². The van der Waals surface area contributed by atoms with Gasteiger partial charge in [-0.05, 0) is 29.8 Å². The molecule has 0 heterocycles. The van der Waals surface area contributed by atoms with Crippen LogP contribution in [0.25, 0.3) is 0 Å². The highest BCUT2D eigenvalue weighted by Gasteiger charge is 2.13. The molecule has 2 aromatic rings. The van der Waals surface area contributed by atoms with Crippen LogP contribution in [0.2, 0.25) is 0 Å². The van der Waals surface area contributed by atoms with Crippen LogP contribution in [0.5, 0.6) is 0 Å². The summed E-state index contributed by atoms with van der Waals surface area (Å²) in [4.78, 5) is 34.6. The first-order valence-electron chi connectivity index (χ1n) is 7.25. The fourth-order valence-corrected chi connectivity index (χ4v) is 2.03. The summed E-state index contributed by atoms with van der Waals surface area (Å²) in [6, 6.07) is 8.93. The fourth-order valence-electron chi connectivity index (χ4n) is 2.03. The number of primary amides is 1. The van der Waals surface area contributed by atoms with Crippen molar-refractivity contribution in [3.05, 3.63) is 70.8 Å². The van der Waals surface area contributed by atoms with Crippen LogP contribution in [0, 0.1) is 11.6 Å². The Kier molecular flexibility index (Phi) is 5.78. The number of carbonyl (C=O) groups excluding carboxylic acids is 3. The second kappa shape index (κ2) is 8.00. The third-order valence-corrected chi connectivity index (χ3v) is 3.29. The third kappa shape index (κ3) is 5.10. The van der Waals surface area contributed by atoms with Crippen molar-refractivity contribution in [2.75, 3.05) is 6.54 Å². The number of halogens is 2. The zero-order valence-electron chi connectivity index (χ0n) is 13.0. The van der Waals surface area contributed by atoms with Gasteiger partial charge in [-0.1, -0.05) is 12.1 Å². The molecule has 2 aromatic carbocycles. The molecule has 0 aliphatic rings. The van der Waals surface area contributed by atoms with Gasteiger partial charge >= 0.3 is 0 Å². The Hall–Kier alpha value is -3.29. The van der Waals surface area contributed by atoms with Crippen LogP contribution < -0.4 is 16.4 Å². The van der Waals surface area contributed by atoms with Crippen molar-refractivity contribution < 1.29 is 23.2 Å². The lowest BCUT2D eigenvalue weighted by Gasteiger charge is -2.08. The highest BCUT2D eigenvalue weighted by atomic mass is 19.1. The number of nitrogens with two attached hydrogens (primary N) is 1. The van der Waals surface area contributed by atoms with Gasteiger partial charge in [0.15, 0.2) is 0 Å². The van der Waals surface area contributed by atoms with Gasteiger partial charge in [-0.2, -0.15) is 0 Å². The summed E-state index contributed by atoms with van der Waals surface area (Å²) < 4.78 is 26.3. The molecular formula is C17H15F2N3O3. The molecule has 0 saturated carbocycles. The van der Waals surface area contributed by atoms with Crippen LogP contribution in [-0.4, -0.2) is 24.3 Å². The summed E-state index contributed by atoms with van der Waals surface area (Å²) in [5.41, 5.74) is 5.78. The normalized spacial score (nSPS) is 10.2. The molecule has 3 amide bonds. The van der Waals surface area contributed by atoms with Crippen molar-refractivity contribution in [1.82, 2.24) is 10.6 Å². The Morgan fingerprint density at radius 2 is 1.76 bits per heavy atom. The molecule has 25 heavy (non-hydrogen) atoms. The van der Waals surface area contributed by atoms with Crippen LogP contribution in [-0.2, 0) is 11.3 Å². The lowest BCUT2D eigenvalue weighted by Crippen LogP contribution is -2.37. The van der Waals surface area contributed by atoms with E-state index in [-0.39, 0.29) is 18.7 Å². The molecule has 0 unspecified atom stereocenters. The van der Waals surface area contributed by atoms with Gasteiger partial charge in [-0.15, -0.1) is 0 Å². The van der Waals surface area contributed by atoms with Gasteiger partial charge in [0.1, 0.15) is 11.6 Å². The van der Waals surface area contributed by atoms with Crippen molar-refractivity contribution in [2.24, 2.45) is 5.73 Å². The molecule has 0 aliphatic heterocycles. The van der Waals surface area contributed by atoms with Crippen LogP contribution in [0.15, 0.2) is 42.5 Å². The molecule has 0 aliphatic carbocycles. The molecule has 130 valence electrons. The van der Waals surface area contributed by atoms with Gasteiger partial charge in [0, 0.05) is 18.2 Å². The predicted molar refractivity (Wildman–Crippen MR) is 85.5 cm³/mol. The molecule has 0 aromatic heterocycles. The van der Waals surface area contributed by atoms with E-state index in [2.05, 4.69) is 10.6 Å². The predicted octanol–water partition coefficient (Wildman–Crippen LogP) is 1.11. The van der Waals surface area contributed by atoms with Crippen molar-refractivity contribution in [2.45, 2.75) is 6.54 Å². The highest BCUT2D eigenvalue weighted by Crippen LogP contribution is 2.09. The molecule has 0 fully saturated rings. The van der Waals surface area contributed by atoms with E-state index in [1.54, 1.807) is 18.2 Å². The highest BCUT2D eigenvalue weighted by molar-refractivity contribution is 5.96. The maximum atomic E-state index is 13.5. The van der Waals surface area contributed by atoms with Crippen LogP contribution in [0.1, 0.15) is 26.3 Å². The van der Waals surface area contributed by atoms with E-state index in [9.17, 15) is 23.2 Å². The van der Waals surface area contributed by atoms with E-state index in [1.807, 2.05) is 0 Å². The molecular weight excluding hydrogens is 332 g/mol. The summed E-state index contributed by atoms with van der Waals surface area (Å²) in [5, 5.41) is 4.77. The summed E-state index contributed by atoms with van der Waals surface area (Å²) >= 11 is 0. The first-order valence-corrected chi connectivity index (χ1v) is 7.25. The Bertz CT molecular complexity index is 825. The second-order valence-electron chi connectivity index (χ2n) is 5.15. The van der Waals surface area contributed by atoms with E-state index >= 15 is 0 Å². The number of nitrogens with one attached hydrogen (secondary N) is 2. The lowest BCUT2D eigenvalue weighted by molar-refractivity contribution is -0.120. The molecule has 0 radical (unpaired) electrons. The van der Waals surface area contributed by atoms with Crippen LogP contribution in [0.3, 0.4) is 0 Å².